The van der Waals surface area contributed by atoms with Crippen LogP contribution in [0.4, 0.5) is 0 Å². The second-order valence-electron chi connectivity index (χ2n) is 4.74. The molecule has 1 aromatic carbocycles. The van der Waals surface area contributed by atoms with Crippen LogP contribution in [-0.2, 0) is 19.9 Å². The molecule has 0 aliphatic rings. The van der Waals surface area contributed by atoms with Gasteiger partial charge in [0, 0.05) is 17.6 Å². The molecule has 0 atom stereocenters. The molecule has 0 saturated carbocycles. The molecule has 2 N–H and O–H groups in total. The summed E-state index contributed by atoms with van der Waals surface area (Å²) in [4.78, 5) is 0. The van der Waals surface area contributed by atoms with E-state index in [-0.39, 0.29) is 0 Å². The van der Waals surface area contributed by atoms with E-state index in [9.17, 15) is 0 Å². The van der Waals surface area contributed by atoms with Gasteiger partial charge in [0.05, 0.1) is 5.69 Å². The van der Waals surface area contributed by atoms with Crippen molar-refractivity contribution in [2.75, 3.05) is 6.54 Å². The summed E-state index contributed by atoms with van der Waals surface area (Å²) in [6.45, 7) is 4.61. The van der Waals surface area contributed by atoms with Gasteiger partial charge in [-0.15, -0.1) is 0 Å². The van der Waals surface area contributed by atoms with Gasteiger partial charge in [0.15, 0.2) is 0 Å². The third-order valence-electron chi connectivity index (χ3n) is 3.30. The van der Waals surface area contributed by atoms with E-state index in [1.165, 1.54) is 0 Å². The molecule has 2 aromatic rings. The highest BCUT2D eigenvalue weighted by molar-refractivity contribution is 6.31. The Kier molecular flexibility index (Phi) is 4.68. The molecular weight excluding hydrogens is 274 g/mol. The van der Waals surface area contributed by atoms with Crippen LogP contribution in [0.3, 0.4) is 0 Å². The lowest BCUT2D eigenvalue weighted by Crippen LogP contribution is -2.05. The number of hydrogen-bond donors (Lipinski definition) is 1. The summed E-state index contributed by atoms with van der Waals surface area (Å²) < 4.78 is 7.75. The molecule has 0 fully saturated rings. The predicted molar refractivity (Wildman–Crippen MR) is 81.6 cm³/mol. The molecule has 1 aromatic heterocycles. The maximum atomic E-state index is 6.13. The predicted octanol–water partition coefficient (Wildman–Crippen LogP) is 3.24. The smallest absolute Gasteiger partial charge is 0.221 e. The van der Waals surface area contributed by atoms with E-state index in [0.717, 1.165) is 46.3 Å². The van der Waals surface area contributed by atoms with Crippen molar-refractivity contribution in [3.05, 3.63) is 40.0 Å². The quantitative estimate of drug-likeness (QED) is 0.921. The van der Waals surface area contributed by atoms with Crippen molar-refractivity contribution < 1.29 is 4.74 Å². The van der Waals surface area contributed by atoms with E-state index in [1.807, 2.05) is 32.2 Å². The SMILES string of the molecule is CCc1cc(Oc2c(CCN)c(C)nn2C)ccc1Cl. The van der Waals surface area contributed by atoms with Crippen LogP contribution in [0.15, 0.2) is 18.2 Å². The van der Waals surface area contributed by atoms with E-state index < -0.39 is 0 Å². The number of benzene rings is 1. The number of aromatic nitrogens is 2. The number of ether oxygens (including phenoxy) is 1. The molecule has 0 unspecified atom stereocenters. The van der Waals surface area contributed by atoms with Crippen molar-refractivity contribution in [1.82, 2.24) is 9.78 Å². The lowest BCUT2D eigenvalue weighted by molar-refractivity contribution is 0.425. The standard InChI is InChI=1S/C15H20ClN3O/c1-4-11-9-12(5-6-14(11)16)20-15-13(7-8-17)10(2)18-19(15)3/h5-6,9H,4,7-8,17H2,1-3H3. The van der Waals surface area contributed by atoms with Crippen LogP contribution in [0.25, 0.3) is 0 Å². The Hall–Kier alpha value is -1.52. The van der Waals surface area contributed by atoms with Gasteiger partial charge in [-0.2, -0.15) is 5.10 Å². The van der Waals surface area contributed by atoms with Gasteiger partial charge in [-0.3, -0.25) is 0 Å². The Bertz CT molecular complexity index is 607. The van der Waals surface area contributed by atoms with Crippen molar-refractivity contribution in [3.63, 3.8) is 0 Å². The first kappa shape index (κ1) is 14.9. The van der Waals surface area contributed by atoms with Gasteiger partial charge in [0.25, 0.3) is 0 Å². The van der Waals surface area contributed by atoms with Crippen LogP contribution in [0.2, 0.25) is 5.02 Å². The number of nitrogens with two attached hydrogens (primary N) is 1. The molecule has 20 heavy (non-hydrogen) atoms. The Morgan fingerprint density at radius 3 is 2.80 bits per heavy atom. The van der Waals surface area contributed by atoms with Crippen LogP contribution in [0.5, 0.6) is 11.6 Å². The number of halogens is 1. The lowest BCUT2D eigenvalue weighted by atomic mass is 10.1. The molecule has 0 spiro atoms. The summed E-state index contributed by atoms with van der Waals surface area (Å²) in [5, 5.41) is 5.16. The molecule has 4 nitrogen and oxygen atoms in total. The van der Waals surface area contributed by atoms with Gasteiger partial charge in [-0.25, -0.2) is 4.68 Å². The van der Waals surface area contributed by atoms with Crippen LogP contribution >= 0.6 is 11.6 Å². The second kappa shape index (κ2) is 6.29. The van der Waals surface area contributed by atoms with Gasteiger partial charge >= 0.3 is 0 Å². The number of hydrogen-bond acceptors (Lipinski definition) is 3. The fourth-order valence-electron chi connectivity index (χ4n) is 2.24. The molecule has 0 saturated heterocycles. The number of aryl methyl sites for hydroxylation is 3. The van der Waals surface area contributed by atoms with Crippen molar-refractivity contribution in [2.45, 2.75) is 26.7 Å². The zero-order chi connectivity index (χ0) is 14.7. The maximum Gasteiger partial charge on any atom is 0.221 e. The van der Waals surface area contributed by atoms with Gasteiger partial charge in [0.1, 0.15) is 5.75 Å². The number of rotatable bonds is 5. The summed E-state index contributed by atoms with van der Waals surface area (Å²) >= 11 is 6.13. The van der Waals surface area contributed by atoms with Crippen LogP contribution < -0.4 is 10.5 Å². The molecule has 0 aliphatic carbocycles. The highest BCUT2D eigenvalue weighted by Gasteiger charge is 2.15. The van der Waals surface area contributed by atoms with Crippen molar-refractivity contribution in [3.8, 4) is 11.6 Å². The van der Waals surface area contributed by atoms with E-state index in [2.05, 4.69) is 12.0 Å². The average Bonchev–Trinajstić information content (AvgIpc) is 2.68. The summed E-state index contributed by atoms with van der Waals surface area (Å²) in [5.74, 6) is 1.52. The fourth-order valence-corrected chi connectivity index (χ4v) is 2.49. The van der Waals surface area contributed by atoms with E-state index in [1.54, 1.807) is 4.68 Å². The molecule has 1 heterocycles. The highest BCUT2D eigenvalue weighted by atomic mass is 35.5. The first-order valence-corrected chi connectivity index (χ1v) is 7.13. The first-order chi connectivity index (χ1) is 9.56. The number of nitrogens with zero attached hydrogens (tertiary/aromatic N) is 2. The van der Waals surface area contributed by atoms with Crippen molar-refractivity contribution in [2.24, 2.45) is 12.8 Å². The largest absolute Gasteiger partial charge is 0.439 e. The van der Waals surface area contributed by atoms with E-state index >= 15 is 0 Å². The zero-order valence-electron chi connectivity index (χ0n) is 12.1. The van der Waals surface area contributed by atoms with Gasteiger partial charge in [-0.1, -0.05) is 18.5 Å². The van der Waals surface area contributed by atoms with Crippen LogP contribution in [-0.4, -0.2) is 16.3 Å². The molecular formula is C15H20ClN3O. The minimum absolute atomic E-state index is 0.573. The van der Waals surface area contributed by atoms with Gasteiger partial charge in [0.2, 0.25) is 5.88 Å². The molecule has 0 radical (unpaired) electrons. The monoisotopic (exact) mass is 293 g/mol. The van der Waals surface area contributed by atoms with Crippen LogP contribution in [0.1, 0.15) is 23.7 Å². The molecule has 5 heteroatoms. The van der Waals surface area contributed by atoms with E-state index in [4.69, 9.17) is 22.1 Å². The summed E-state index contributed by atoms with van der Waals surface area (Å²) in [7, 11) is 1.87. The third-order valence-corrected chi connectivity index (χ3v) is 3.66. The fraction of sp³-hybridized carbons (Fsp3) is 0.400. The Labute approximate surface area is 124 Å². The third kappa shape index (κ3) is 2.97. The van der Waals surface area contributed by atoms with Crippen molar-refractivity contribution in [1.29, 1.82) is 0 Å². The Balaban J connectivity index is 2.34. The average molecular weight is 294 g/mol. The van der Waals surface area contributed by atoms with Gasteiger partial charge < -0.3 is 10.5 Å². The molecule has 0 amide bonds. The topological polar surface area (TPSA) is 53.1 Å². The summed E-state index contributed by atoms with van der Waals surface area (Å²) in [5.41, 5.74) is 8.74. The lowest BCUT2D eigenvalue weighted by Gasteiger charge is -2.10. The highest BCUT2D eigenvalue weighted by Crippen LogP contribution is 2.30. The molecule has 0 bridgehead atoms. The Morgan fingerprint density at radius 2 is 2.15 bits per heavy atom. The summed E-state index contributed by atoms with van der Waals surface area (Å²) in [6.07, 6.45) is 1.62. The van der Waals surface area contributed by atoms with Gasteiger partial charge in [-0.05, 0) is 50.1 Å². The minimum Gasteiger partial charge on any atom is -0.439 e. The first-order valence-electron chi connectivity index (χ1n) is 6.75. The van der Waals surface area contributed by atoms with Crippen molar-refractivity contribution >= 4 is 11.6 Å². The minimum atomic E-state index is 0.573. The zero-order valence-corrected chi connectivity index (χ0v) is 12.9. The molecule has 2 rings (SSSR count). The van der Waals surface area contributed by atoms with E-state index in [0.29, 0.717) is 6.54 Å². The maximum absolute atomic E-state index is 6.13. The summed E-state index contributed by atoms with van der Waals surface area (Å²) in [6, 6.07) is 5.70. The Morgan fingerprint density at radius 1 is 1.40 bits per heavy atom. The molecule has 108 valence electrons. The van der Waals surface area contributed by atoms with Crippen LogP contribution in [0, 0.1) is 6.92 Å². The normalized spacial score (nSPS) is 10.8. The molecule has 0 aliphatic heterocycles. The second-order valence-corrected chi connectivity index (χ2v) is 5.15.